The van der Waals surface area contributed by atoms with Crippen molar-refractivity contribution >= 4 is 11.6 Å². The maximum Gasteiger partial charge on any atom is 0.417 e. The molecule has 2 rings (SSSR count). The fourth-order valence-corrected chi connectivity index (χ4v) is 1.66. The van der Waals surface area contributed by atoms with E-state index < -0.39 is 16.8 Å². The van der Waals surface area contributed by atoms with E-state index in [1.54, 1.807) is 0 Å². The second-order valence-corrected chi connectivity index (χ2v) is 3.88. The predicted octanol–water partition coefficient (Wildman–Crippen LogP) is 2.43. The summed E-state index contributed by atoms with van der Waals surface area (Å²) in [7, 11) is 0. The molecule has 0 saturated heterocycles. The van der Waals surface area contributed by atoms with Crippen molar-refractivity contribution in [3.8, 4) is 5.69 Å². The van der Waals surface area contributed by atoms with E-state index in [1.807, 2.05) is 0 Å². The number of aliphatic hydroxyl groups is 1. The molecular formula is C10H7ClF3N3O. The van der Waals surface area contributed by atoms with Gasteiger partial charge in [0.05, 0.1) is 29.1 Å². The van der Waals surface area contributed by atoms with E-state index in [0.717, 1.165) is 12.1 Å². The summed E-state index contributed by atoms with van der Waals surface area (Å²) < 4.78 is 38.7. The van der Waals surface area contributed by atoms with Gasteiger partial charge in [-0.05, 0) is 18.2 Å². The van der Waals surface area contributed by atoms with Gasteiger partial charge in [-0.2, -0.15) is 13.2 Å². The molecule has 1 N–H and O–H groups in total. The Morgan fingerprint density at radius 3 is 2.56 bits per heavy atom. The van der Waals surface area contributed by atoms with Gasteiger partial charge in [0.1, 0.15) is 5.69 Å². The highest BCUT2D eigenvalue weighted by molar-refractivity contribution is 6.31. The Morgan fingerprint density at radius 1 is 1.33 bits per heavy atom. The Bertz CT molecular complexity index is 568. The Labute approximate surface area is 105 Å². The zero-order valence-corrected chi connectivity index (χ0v) is 9.57. The number of hydrogen-bond acceptors (Lipinski definition) is 3. The molecule has 0 aliphatic heterocycles. The number of aliphatic hydroxyl groups excluding tert-OH is 1. The number of nitrogens with zero attached hydrogens (tertiary/aromatic N) is 3. The minimum atomic E-state index is -4.49. The first kappa shape index (κ1) is 12.8. The van der Waals surface area contributed by atoms with Crippen LogP contribution in [0.1, 0.15) is 11.3 Å². The van der Waals surface area contributed by atoms with Gasteiger partial charge >= 0.3 is 6.18 Å². The largest absolute Gasteiger partial charge is 0.417 e. The minimum Gasteiger partial charge on any atom is -0.390 e. The van der Waals surface area contributed by atoms with E-state index in [-0.39, 0.29) is 6.61 Å². The molecule has 4 nitrogen and oxygen atoms in total. The first-order chi connectivity index (χ1) is 8.41. The molecule has 0 radical (unpaired) electrons. The van der Waals surface area contributed by atoms with Crippen LogP contribution in [0.2, 0.25) is 5.02 Å². The van der Waals surface area contributed by atoms with Crippen LogP contribution in [0.15, 0.2) is 24.4 Å². The van der Waals surface area contributed by atoms with Crippen molar-refractivity contribution in [2.75, 3.05) is 0 Å². The van der Waals surface area contributed by atoms with E-state index in [0.29, 0.717) is 11.4 Å². The summed E-state index contributed by atoms with van der Waals surface area (Å²) in [6, 6.07) is 3.24. The molecule has 0 spiro atoms. The molecule has 2 aromatic rings. The zero-order chi connectivity index (χ0) is 13.3. The lowest BCUT2D eigenvalue weighted by Crippen LogP contribution is -2.06. The maximum atomic E-state index is 12.5. The quantitative estimate of drug-likeness (QED) is 0.917. The number of benzene rings is 1. The van der Waals surface area contributed by atoms with Crippen molar-refractivity contribution < 1.29 is 18.3 Å². The molecular weight excluding hydrogens is 271 g/mol. The first-order valence-corrected chi connectivity index (χ1v) is 5.19. The third-order valence-electron chi connectivity index (χ3n) is 2.23. The average molecular weight is 278 g/mol. The number of rotatable bonds is 2. The van der Waals surface area contributed by atoms with Gasteiger partial charge < -0.3 is 5.11 Å². The van der Waals surface area contributed by atoms with Crippen LogP contribution in [0, 0.1) is 0 Å². The molecule has 1 aromatic heterocycles. The van der Waals surface area contributed by atoms with Gasteiger partial charge in [-0.1, -0.05) is 16.8 Å². The van der Waals surface area contributed by atoms with Crippen LogP contribution in [0.5, 0.6) is 0 Å². The zero-order valence-electron chi connectivity index (χ0n) is 8.82. The molecule has 1 heterocycles. The van der Waals surface area contributed by atoms with Crippen molar-refractivity contribution in [1.82, 2.24) is 15.0 Å². The van der Waals surface area contributed by atoms with Crippen LogP contribution >= 0.6 is 11.6 Å². The summed E-state index contributed by atoms with van der Waals surface area (Å²) in [6.45, 7) is -0.297. The molecule has 8 heteroatoms. The third kappa shape index (κ3) is 2.46. The standard InChI is InChI=1S/C10H7ClF3N3O/c11-9-3-7(1-2-8(9)10(12,13)14)17-4-6(5-18)15-16-17/h1-4,18H,5H2. The predicted molar refractivity (Wildman–Crippen MR) is 57.3 cm³/mol. The average Bonchev–Trinajstić information content (AvgIpc) is 2.75. The van der Waals surface area contributed by atoms with Crippen LogP contribution < -0.4 is 0 Å². The van der Waals surface area contributed by atoms with E-state index in [9.17, 15) is 13.2 Å². The van der Waals surface area contributed by atoms with Gasteiger partial charge in [0.2, 0.25) is 0 Å². The van der Waals surface area contributed by atoms with Gasteiger partial charge in [-0.15, -0.1) is 5.10 Å². The summed E-state index contributed by atoms with van der Waals surface area (Å²) in [5, 5.41) is 15.7. The highest BCUT2D eigenvalue weighted by Gasteiger charge is 2.33. The molecule has 0 amide bonds. The monoisotopic (exact) mass is 277 g/mol. The highest BCUT2D eigenvalue weighted by Crippen LogP contribution is 2.35. The summed E-state index contributed by atoms with van der Waals surface area (Å²) in [4.78, 5) is 0. The maximum absolute atomic E-state index is 12.5. The van der Waals surface area contributed by atoms with E-state index in [4.69, 9.17) is 16.7 Å². The Kier molecular flexibility index (Phi) is 3.27. The molecule has 0 atom stereocenters. The molecule has 1 aromatic carbocycles. The SMILES string of the molecule is OCc1cn(-c2ccc(C(F)(F)F)c(Cl)c2)nn1. The molecule has 0 bridgehead atoms. The summed E-state index contributed by atoms with van der Waals surface area (Å²) in [6.07, 6.45) is -3.09. The number of hydrogen-bond donors (Lipinski definition) is 1. The fraction of sp³-hybridized carbons (Fsp3) is 0.200. The van der Waals surface area contributed by atoms with Crippen molar-refractivity contribution in [3.63, 3.8) is 0 Å². The van der Waals surface area contributed by atoms with Crippen LogP contribution in [-0.4, -0.2) is 20.1 Å². The lowest BCUT2D eigenvalue weighted by molar-refractivity contribution is -0.137. The second kappa shape index (κ2) is 4.58. The highest BCUT2D eigenvalue weighted by atomic mass is 35.5. The summed E-state index contributed by atoms with van der Waals surface area (Å²) >= 11 is 5.57. The fourth-order valence-electron chi connectivity index (χ4n) is 1.37. The van der Waals surface area contributed by atoms with Crippen molar-refractivity contribution in [1.29, 1.82) is 0 Å². The van der Waals surface area contributed by atoms with E-state index in [2.05, 4.69) is 10.3 Å². The number of halogens is 4. The smallest absolute Gasteiger partial charge is 0.390 e. The summed E-state index contributed by atoms with van der Waals surface area (Å²) in [5.74, 6) is 0. The normalized spacial score (nSPS) is 11.8. The molecule has 0 aliphatic carbocycles. The number of aromatic nitrogens is 3. The molecule has 0 saturated carbocycles. The van der Waals surface area contributed by atoms with Crippen LogP contribution in [-0.2, 0) is 12.8 Å². The summed E-state index contributed by atoms with van der Waals surface area (Å²) in [5.41, 5.74) is -0.262. The molecule has 0 aliphatic rings. The van der Waals surface area contributed by atoms with Gasteiger partial charge in [-0.25, -0.2) is 4.68 Å². The van der Waals surface area contributed by atoms with Gasteiger partial charge in [-0.3, -0.25) is 0 Å². The van der Waals surface area contributed by atoms with Crippen LogP contribution in [0.4, 0.5) is 13.2 Å². The minimum absolute atomic E-state index is 0.297. The van der Waals surface area contributed by atoms with Gasteiger partial charge in [0.25, 0.3) is 0 Å². The van der Waals surface area contributed by atoms with Crippen LogP contribution in [0.25, 0.3) is 5.69 Å². The Morgan fingerprint density at radius 2 is 2.06 bits per heavy atom. The van der Waals surface area contributed by atoms with Gasteiger partial charge in [0.15, 0.2) is 0 Å². The van der Waals surface area contributed by atoms with E-state index in [1.165, 1.54) is 16.9 Å². The molecule has 0 unspecified atom stereocenters. The lowest BCUT2D eigenvalue weighted by Gasteiger charge is -2.09. The first-order valence-electron chi connectivity index (χ1n) is 4.81. The van der Waals surface area contributed by atoms with Crippen molar-refractivity contribution in [3.05, 3.63) is 40.7 Å². The van der Waals surface area contributed by atoms with Crippen LogP contribution in [0.3, 0.4) is 0 Å². The van der Waals surface area contributed by atoms with E-state index >= 15 is 0 Å². The molecule has 18 heavy (non-hydrogen) atoms. The van der Waals surface area contributed by atoms with Gasteiger partial charge in [0, 0.05) is 0 Å². The Balaban J connectivity index is 2.40. The molecule has 96 valence electrons. The van der Waals surface area contributed by atoms with Crippen molar-refractivity contribution in [2.45, 2.75) is 12.8 Å². The third-order valence-corrected chi connectivity index (χ3v) is 2.54. The lowest BCUT2D eigenvalue weighted by atomic mass is 10.2. The second-order valence-electron chi connectivity index (χ2n) is 3.47. The number of alkyl halides is 3. The Hall–Kier alpha value is -1.60. The topological polar surface area (TPSA) is 50.9 Å². The molecule has 0 fully saturated rings. The van der Waals surface area contributed by atoms with Crippen molar-refractivity contribution in [2.24, 2.45) is 0 Å².